The van der Waals surface area contributed by atoms with Crippen LogP contribution in [0.5, 0.6) is 6.01 Å². The summed E-state index contributed by atoms with van der Waals surface area (Å²) in [5, 5.41) is 3.12. The summed E-state index contributed by atoms with van der Waals surface area (Å²) in [5.41, 5.74) is 1.17. The number of carbonyl (C=O) groups is 1. The van der Waals surface area contributed by atoms with Gasteiger partial charge in [-0.05, 0) is 93.7 Å². The molecule has 2 aromatic rings. The van der Waals surface area contributed by atoms with Crippen LogP contribution in [-0.2, 0) is 4.79 Å². The van der Waals surface area contributed by atoms with Crippen molar-refractivity contribution >= 4 is 11.6 Å². The molecule has 1 aromatic carbocycles. The van der Waals surface area contributed by atoms with Crippen LogP contribution in [0.1, 0.15) is 64.7 Å². The molecule has 6 fully saturated rings. The van der Waals surface area contributed by atoms with E-state index in [0.717, 1.165) is 29.2 Å². The van der Waals surface area contributed by atoms with Gasteiger partial charge in [-0.3, -0.25) is 4.79 Å². The number of ether oxygens (including phenoxy) is 1. The average Bonchev–Trinajstić information content (AvgIpc) is 2.83. The van der Waals surface area contributed by atoms with E-state index in [1.54, 1.807) is 12.4 Å². The minimum atomic E-state index is -1.11. The number of rotatable bonds is 7. The second-order valence-corrected chi connectivity index (χ2v) is 11.0. The van der Waals surface area contributed by atoms with E-state index in [-0.39, 0.29) is 17.2 Å². The number of anilines is 1. The smallest absolute Gasteiger partial charge is 0.316 e. The molecule has 0 radical (unpaired) electrons. The van der Waals surface area contributed by atoms with E-state index in [4.69, 9.17) is 4.74 Å². The fourth-order valence-electron chi connectivity index (χ4n) is 7.20. The lowest BCUT2D eigenvalue weighted by atomic mass is 9.32. The number of hydrogen-bond acceptors (Lipinski definition) is 4. The second-order valence-electron chi connectivity index (χ2n) is 11.0. The fraction of sp³-hybridized carbons (Fsp3) is 0.593. The van der Waals surface area contributed by atoms with Gasteiger partial charge >= 0.3 is 6.01 Å². The monoisotopic (exact) mass is 449 g/mol. The topological polar surface area (TPSA) is 64.1 Å². The van der Waals surface area contributed by atoms with E-state index in [1.165, 1.54) is 38.5 Å². The van der Waals surface area contributed by atoms with Gasteiger partial charge in [-0.25, -0.2) is 14.4 Å². The molecule has 8 rings (SSSR count). The second kappa shape index (κ2) is 7.51. The molecule has 6 aliphatic carbocycles. The number of aromatic nitrogens is 2. The molecule has 1 aromatic heterocycles. The molecule has 1 heterocycles. The predicted octanol–water partition coefficient (Wildman–Crippen LogP) is 5.96. The molecule has 0 saturated heterocycles. The molecule has 0 aliphatic heterocycles. The Kier molecular flexibility index (Phi) is 4.79. The SMILES string of the molecule is CCOc1ncc(-c2cccc(NC(=O)C34CC(F)(C3)C4CC34CCC(CC3)CC4)c2)cn1. The van der Waals surface area contributed by atoms with Crippen LogP contribution in [0.15, 0.2) is 36.7 Å². The Bertz CT molecular complexity index is 1040. The molecule has 6 heteroatoms. The van der Waals surface area contributed by atoms with Crippen molar-refractivity contribution in [3.63, 3.8) is 0 Å². The number of nitrogens with one attached hydrogen (secondary N) is 1. The van der Waals surface area contributed by atoms with Gasteiger partial charge in [0.05, 0.1) is 12.0 Å². The summed E-state index contributed by atoms with van der Waals surface area (Å²) in [6.45, 7) is 2.41. The van der Waals surface area contributed by atoms with Crippen LogP contribution in [0.3, 0.4) is 0 Å². The summed E-state index contributed by atoms with van der Waals surface area (Å²) >= 11 is 0. The predicted molar refractivity (Wildman–Crippen MR) is 125 cm³/mol. The van der Waals surface area contributed by atoms with Gasteiger partial charge < -0.3 is 10.1 Å². The minimum Gasteiger partial charge on any atom is -0.464 e. The summed E-state index contributed by atoms with van der Waals surface area (Å²) in [6.07, 6.45) is 12.7. The maximum absolute atomic E-state index is 15.3. The van der Waals surface area contributed by atoms with Crippen LogP contribution in [0.4, 0.5) is 10.1 Å². The summed E-state index contributed by atoms with van der Waals surface area (Å²) in [6, 6.07) is 8.06. The quantitative estimate of drug-likeness (QED) is 0.566. The average molecular weight is 450 g/mol. The molecule has 174 valence electrons. The summed E-state index contributed by atoms with van der Waals surface area (Å²) in [4.78, 5) is 21.9. The molecular weight excluding hydrogens is 417 g/mol. The maximum atomic E-state index is 15.3. The Labute approximate surface area is 194 Å². The molecule has 1 unspecified atom stereocenters. The third-order valence-corrected chi connectivity index (χ3v) is 9.20. The van der Waals surface area contributed by atoms with E-state index in [2.05, 4.69) is 15.3 Å². The summed E-state index contributed by atoms with van der Waals surface area (Å²) in [7, 11) is 0. The highest BCUT2D eigenvalue weighted by molar-refractivity contribution is 5.99. The van der Waals surface area contributed by atoms with Crippen molar-refractivity contribution in [3.05, 3.63) is 36.7 Å². The first-order valence-corrected chi connectivity index (χ1v) is 12.5. The van der Waals surface area contributed by atoms with E-state index in [1.807, 2.05) is 31.2 Å². The molecule has 1 atom stereocenters. The van der Waals surface area contributed by atoms with Crippen molar-refractivity contribution in [3.8, 4) is 17.1 Å². The van der Waals surface area contributed by atoms with Crippen molar-refractivity contribution in [2.45, 2.75) is 70.4 Å². The molecule has 1 amide bonds. The lowest BCUT2D eigenvalue weighted by Crippen LogP contribution is -2.77. The molecule has 6 aliphatic rings. The zero-order chi connectivity index (χ0) is 22.7. The largest absolute Gasteiger partial charge is 0.464 e. The van der Waals surface area contributed by atoms with Gasteiger partial charge in [0.15, 0.2) is 0 Å². The number of benzene rings is 1. The normalized spacial score (nSPS) is 35.9. The fourth-order valence-corrected chi connectivity index (χ4v) is 7.20. The Balaban J connectivity index is 1.16. The van der Waals surface area contributed by atoms with Crippen LogP contribution in [-0.4, -0.2) is 28.2 Å². The van der Waals surface area contributed by atoms with Crippen molar-refractivity contribution in [1.82, 2.24) is 9.97 Å². The summed E-state index contributed by atoms with van der Waals surface area (Å²) < 4.78 is 20.6. The van der Waals surface area contributed by atoms with Crippen LogP contribution in [0.2, 0.25) is 0 Å². The van der Waals surface area contributed by atoms with Crippen LogP contribution >= 0.6 is 0 Å². The molecule has 4 bridgehead atoms. The van der Waals surface area contributed by atoms with Gasteiger partial charge in [0.25, 0.3) is 0 Å². The highest BCUT2D eigenvalue weighted by Gasteiger charge is 2.80. The van der Waals surface area contributed by atoms with Gasteiger partial charge in [-0.1, -0.05) is 12.1 Å². The Morgan fingerprint density at radius 3 is 2.45 bits per heavy atom. The van der Waals surface area contributed by atoms with Gasteiger partial charge in [0.1, 0.15) is 5.67 Å². The van der Waals surface area contributed by atoms with E-state index in [9.17, 15) is 4.79 Å². The van der Waals surface area contributed by atoms with E-state index < -0.39 is 11.1 Å². The zero-order valence-electron chi connectivity index (χ0n) is 19.3. The number of halogens is 1. The Morgan fingerprint density at radius 1 is 1.12 bits per heavy atom. The molecular formula is C27H32FN3O2. The third kappa shape index (κ3) is 3.36. The van der Waals surface area contributed by atoms with Crippen LogP contribution in [0, 0.1) is 22.7 Å². The zero-order valence-corrected chi connectivity index (χ0v) is 19.3. The van der Waals surface area contributed by atoms with Crippen LogP contribution < -0.4 is 10.1 Å². The van der Waals surface area contributed by atoms with Crippen molar-refractivity contribution in [2.75, 3.05) is 11.9 Å². The highest BCUT2D eigenvalue weighted by atomic mass is 19.1. The minimum absolute atomic E-state index is 0.00647. The van der Waals surface area contributed by atoms with Gasteiger partial charge in [-0.15, -0.1) is 0 Å². The molecule has 33 heavy (non-hydrogen) atoms. The first-order valence-electron chi connectivity index (χ1n) is 12.5. The number of carbonyl (C=O) groups excluding carboxylic acids is 1. The van der Waals surface area contributed by atoms with E-state index >= 15 is 4.39 Å². The standard InChI is InChI=1S/C27H32FN3O2/c1-2-33-24-29-14-20(15-30-24)19-4-3-5-21(12-19)31-23(32)26-16-27(28,17-26)22(26)13-25-9-6-18(7-10-25)8-11-25/h3-5,12,14-15,18,22H,2,6-11,13,16-17H2,1H3,(H,31,32). The van der Waals surface area contributed by atoms with Crippen molar-refractivity contribution in [1.29, 1.82) is 0 Å². The van der Waals surface area contributed by atoms with Crippen molar-refractivity contribution < 1.29 is 13.9 Å². The third-order valence-electron chi connectivity index (χ3n) is 9.20. The lowest BCUT2D eigenvalue weighted by Gasteiger charge is -2.72. The van der Waals surface area contributed by atoms with Gasteiger partial charge in [0.2, 0.25) is 5.91 Å². The first-order chi connectivity index (χ1) is 15.9. The first kappa shape index (κ1) is 21.1. The Hall–Kier alpha value is -2.50. The molecule has 6 saturated carbocycles. The molecule has 0 spiro atoms. The van der Waals surface area contributed by atoms with Crippen LogP contribution in [0.25, 0.3) is 11.1 Å². The number of alkyl halides is 1. The number of amides is 1. The van der Waals surface area contributed by atoms with Gasteiger partial charge in [-0.2, -0.15) is 0 Å². The number of hydrogen-bond donors (Lipinski definition) is 1. The lowest BCUT2D eigenvalue weighted by molar-refractivity contribution is -0.277. The van der Waals surface area contributed by atoms with Gasteiger partial charge in [0, 0.05) is 29.6 Å². The Morgan fingerprint density at radius 2 is 1.82 bits per heavy atom. The molecule has 1 N–H and O–H groups in total. The van der Waals surface area contributed by atoms with E-state index in [0.29, 0.717) is 25.5 Å². The highest BCUT2D eigenvalue weighted by Crippen LogP contribution is 2.77. The molecule has 5 nitrogen and oxygen atoms in total. The summed E-state index contributed by atoms with van der Waals surface area (Å²) in [5.74, 6) is 0.780. The number of fused-ring (bicyclic) bond motifs is 3. The maximum Gasteiger partial charge on any atom is 0.316 e. The number of nitrogens with zero attached hydrogens (tertiary/aromatic N) is 2. The van der Waals surface area contributed by atoms with Crippen molar-refractivity contribution in [2.24, 2.45) is 22.7 Å².